The minimum absolute atomic E-state index is 0.262. The highest BCUT2D eigenvalue weighted by atomic mass is 16.3. The van der Waals surface area contributed by atoms with Crippen LogP contribution in [-0.4, -0.2) is 29.2 Å². The van der Waals surface area contributed by atoms with Gasteiger partial charge in [0.1, 0.15) is 0 Å². The Labute approximate surface area is 74.9 Å². The fraction of sp³-hybridized carbons (Fsp3) is 0.800. The summed E-state index contributed by atoms with van der Waals surface area (Å²) in [6, 6.07) is 0. The third-order valence-electron chi connectivity index (χ3n) is 2.17. The monoisotopic (exact) mass is 169 g/mol. The zero-order valence-electron chi connectivity index (χ0n) is 8.25. The Morgan fingerprint density at radius 1 is 1.50 bits per heavy atom. The number of aliphatic hydroxyl groups is 1. The normalized spacial score (nSPS) is 20.1. The highest BCUT2D eigenvalue weighted by molar-refractivity contribution is 5.11. The van der Waals surface area contributed by atoms with E-state index >= 15 is 0 Å². The van der Waals surface area contributed by atoms with Crippen LogP contribution in [0.3, 0.4) is 0 Å². The van der Waals surface area contributed by atoms with Crippen molar-refractivity contribution < 1.29 is 5.11 Å². The Morgan fingerprint density at radius 2 is 2.17 bits per heavy atom. The molecule has 0 bridgehead atoms. The second-order valence-corrected chi connectivity index (χ2v) is 4.02. The molecule has 1 unspecified atom stereocenters. The SMILES string of the molecule is CC(C)CN1C=C(C(C)O)CC1. The Kier molecular flexibility index (Phi) is 3.15. The van der Waals surface area contributed by atoms with Crippen LogP contribution in [0.4, 0.5) is 0 Å². The Balaban J connectivity index is 2.42. The summed E-state index contributed by atoms with van der Waals surface area (Å²) >= 11 is 0. The molecule has 0 spiro atoms. The molecule has 0 aromatic heterocycles. The minimum Gasteiger partial charge on any atom is -0.389 e. The van der Waals surface area contributed by atoms with Crippen molar-refractivity contribution in [1.82, 2.24) is 4.90 Å². The molecule has 1 rings (SSSR count). The molecule has 0 radical (unpaired) electrons. The zero-order valence-corrected chi connectivity index (χ0v) is 8.25. The third kappa shape index (κ3) is 2.52. The van der Waals surface area contributed by atoms with E-state index in [0.29, 0.717) is 5.92 Å². The van der Waals surface area contributed by atoms with Crippen LogP contribution < -0.4 is 0 Å². The minimum atomic E-state index is -0.262. The van der Waals surface area contributed by atoms with Crippen molar-refractivity contribution in [2.45, 2.75) is 33.3 Å². The summed E-state index contributed by atoms with van der Waals surface area (Å²) in [5, 5.41) is 9.31. The van der Waals surface area contributed by atoms with Gasteiger partial charge in [-0.2, -0.15) is 0 Å². The summed E-state index contributed by atoms with van der Waals surface area (Å²) in [4.78, 5) is 2.30. The first-order valence-electron chi connectivity index (χ1n) is 4.72. The van der Waals surface area contributed by atoms with E-state index < -0.39 is 0 Å². The van der Waals surface area contributed by atoms with Gasteiger partial charge in [-0.15, -0.1) is 0 Å². The maximum absolute atomic E-state index is 9.31. The van der Waals surface area contributed by atoms with Crippen LogP contribution in [0.5, 0.6) is 0 Å². The van der Waals surface area contributed by atoms with Crippen molar-refractivity contribution in [3.8, 4) is 0 Å². The van der Waals surface area contributed by atoms with Crippen LogP contribution in [0.2, 0.25) is 0 Å². The molecule has 1 N–H and O–H groups in total. The lowest BCUT2D eigenvalue weighted by atomic mass is 10.1. The van der Waals surface area contributed by atoms with E-state index in [1.807, 2.05) is 6.92 Å². The molecule has 0 saturated carbocycles. The van der Waals surface area contributed by atoms with Crippen molar-refractivity contribution in [3.63, 3.8) is 0 Å². The molecule has 1 aliphatic heterocycles. The van der Waals surface area contributed by atoms with Gasteiger partial charge in [0.2, 0.25) is 0 Å². The molecule has 0 aromatic carbocycles. The van der Waals surface area contributed by atoms with Crippen LogP contribution in [0.15, 0.2) is 11.8 Å². The van der Waals surface area contributed by atoms with Gasteiger partial charge < -0.3 is 10.0 Å². The van der Waals surface area contributed by atoms with Crippen LogP contribution >= 0.6 is 0 Å². The molecule has 0 fully saturated rings. The van der Waals surface area contributed by atoms with Crippen LogP contribution in [0.1, 0.15) is 27.2 Å². The molecule has 2 heteroatoms. The van der Waals surface area contributed by atoms with Gasteiger partial charge in [-0.1, -0.05) is 13.8 Å². The van der Waals surface area contributed by atoms with Crippen molar-refractivity contribution in [2.24, 2.45) is 5.92 Å². The molecule has 0 saturated heterocycles. The van der Waals surface area contributed by atoms with Crippen LogP contribution in [0.25, 0.3) is 0 Å². The highest BCUT2D eigenvalue weighted by Crippen LogP contribution is 2.18. The summed E-state index contributed by atoms with van der Waals surface area (Å²) < 4.78 is 0. The van der Waals surface area contributed by atoms with Gasteiger partial charge in [-0.05, 0) is 24.8 Å². The topological polar surface area (TPSA) is 23.5 Å². The molecular formula is C10H19NO. The standard InChI is InChI=1S/C10H19NO/c1-8(2)6-11-5-4-10(7-11)9(3)12/h7-9,12H,4-6H2,1-3H3. The fourth-order valence-electron chi connectivity index (χ4n) is 1.57. The number of hydrogen-bond donors (Lipinski definition) is 1. The van der Waals surface area contributed by atoms with Gasteiger partial charge in [0, 0.05) is 19.3 Å². The predicted molar refractivity (Wildman–Crippen MR) is 50.8 cm³/mol. The Hall–Kier alpha value is -0.500. The molecule has 1 atom stereocenters. The summed E-state index contributed by atoms with van der Waals surface area (Å²) in [5.41, 5.74) is 1.18. The smallest absolute Gasteiger partial charge is 0.0739 e. The molecular weight excluding hydrogens is 150 g/mol. The van der Waals surface area contributed by atoms with E-state index in [0.717, 1.165) is 19.5 Å². The number of nitrogens with zero attached hydrogens (tertiary/aromatic N) is 1. The quantitative estimate of drug-likeness (QED) is 0.694. The fourth-order valence-corrected chi connectivity index (χ4v) is 1.57. The third-order valence-corrected chi connectivity index (χ3v) is 2.17. The van der Waals surface area contributed by atoms with Gasteiger partial charge in [0.05, 0.1) is 6.10 Å². The van der Waals surface area contributed by atoms with Crippen molar-refractivity contribution in [1.29, 1.82) is 0 Å². The van der Waals surface area contributed by atoms with E-state index in [-0.39, 0.29) is 6.10 Å². The lowest BCUT2D eigenvalue weighted by Gasteiger charge is -2.17. The van der Waals surface area contributed by atoms with Crippen molar-refractivity contribution >= 4 is 0 Å². The lowest BCUT2D eigenvalue weighted by molar-refractivity contribution is 0.229. The average molecular weight is 169 g/mol. The molecule has 1 aliphatic rings. The van der Waals surface area contributed by atoms with E-state index in [4.69, 9.17) is 0 Å². The second kappa shape index (κ2) is 3.94. The second-order valence-electron chi connectivity index (χ2n) is 4.02. The van der Waals surface area contributed by atoms with Crippen molar-refractivity contribution in [3.05, 3.63) is 11.8 Å². The van der Waals surface area contributed by atoms with E-state index in [1.165, 1.54) is 5.57 Å². The van der Waals surface area contributed by atoms with E-state index in [1.54, 1.807) is 0 Å². The van der Waals surface area contributed by atoms with Gasteiger partial charge >= 0.3 is 0 Å². The largest absolute Gasteiger partial charge is 0.389 e. The predicted octanol–water partition coefficient (Wildman–Crippen LogP) is 1.61. The molecule has 12 heavy (non-hydrogen) atoms. The van der Waals surface area contributed by atoms with E-state index in [2.05, 4.69) is 24.9 Å². The van der Waals surface area contributed by atoms with Gasteiger partial charge in [0.15, 0.2) is 0 Å². The number of hydrogen-bond acceptors (Lipinski definition) is 2. The first-order valence-corrected chi connectivity index (χ1v) is 4.72. The summed E-state index contributed by atoms with van der Waals surface area (Å²) in [6.07, 6.45) is 2.89. The Morgan fingerprint density at radius 3 is 2.58 bits per heavy atom. The van der Waals surface area contributed by atoms with E-state index in [9.17, 15) is 5.11 Å². The maximum Gasteiger partial charge on any atom is 0.0739 e. The van der Waals surface area contributed by atoms with Gasteiger partial charge in [0.25, 0.3) is 0 Å². The molecule has 2 nitrogen and oxygen atoms in total. The molecule has 70 valence electrons. The van der Waals surface area contributed by atoms with Crippen LogP contribution in [-0.2, 0) is 0 Å². The first-order chi connectivity index (χ1) is 5.59. The van der Waals surface area contributed by atoms with Gasteiger partial charge in [-0.3, -0.25) is 0 Å². The summed E-state index contributed by atoms with van der Waals surface area (Å²) in [5.74, 6) is 0.703. The maximum atomic E-state index is 9.31. The average Bonchev–Trinajstić information content (AvgIpc) is 2.34. The van der Waals surface area contributed by atoms with Gasteiger partial charge in [-0.25, -0.2) is 0 Å². The highest BCUT2D eigenvalue weighted by Gasteiger charge is 2.15. The van der Waals surface area contributed by atoms with Crippen molar-refractivity contribution in [2.75, 3.05) is 13.1 Å². The molecule has 1 heterocycles. The van der Waals surface area contributed by atoms with Crippen LogP contribution in [0, 0.1) is 5.92 Å². The lowest BCUT2D eigenvalue weighted by Crippen LogP contribution is -2.19. The Bertz CT molecular complexity index is 173. The zero-order chi connectivity index (χ0) is 9.14. The number of rotatable bonds is 3. The molecule has 0 amide bonds. The molecule has 0 aliphatic carbocycles. The first kappa shape index (κ1) is 9.59. The summed E-state index contributed by atoms with van der Waals surface area (Å²) in [7, 11) is 0. The molecule has 0 aromatic rings. The summed E-state index contributed by atoms with van der Waals surface area (Å²) in [6.45, 7) is 8.46. The number of aliphatic hydroxyl groups excluding tert-OH is 1.